The first-order valence-electron chi connectivity index (χ1n) is 8.01. The summed E-state index contributed by atoms with van der Waals surface area (Å²) in [5, 5.41) is 4.67. The molecule has 0 spiro atoms. The SMILES string of the molecule is CSC1CCCC(N2CCCNC(C(C)(C)C)C2)C1. The quantitative estimate of drug-likeness (QED) is 0.837. The number of nitrogens with zero attached hydrogens (tertiary/aromatic N) is 1. The predicted molar refractivity (Wildman–Crippen MR) is 87.0 cm³/mol. The van der Waals surface area contributed by atoms with Crippen LogP contribution in [-0.4, -0.2) is 48.1 Å². The van der Waals surface area contributed by atoms with E-state index in [4.69, 9.17) is 0 Å². The summed E-state index contributed by atoms with van der Waals surface area (Å²) in [7, 11) is 0. The fourth-order valence-corrected chi connectivity index (χ4v) is 4.34. The van der Waals surface area contributed by atoms with Crippen molar-refractivity contribution in [2.75, 3.05) is 25.9 Å². The molecule has 2 rings (SSSR count). The molecular formula is C16H32N2S. The normalized spacial score (nSPS) is 35.1. The Morgan fingerprint density at radius 1 is 1.16 bits per heavy atom. The minimum atomic E-state index is 0.371. The van der Waals surface area contributed by atoms with Gasteiger partial charge in [0.15, 0.2) is 0 Å². The van der Waals surface area contributed by atoms with E-state index in [9.17, 15) is 0 Å². The summed E-state index contributed by atoms with van der Waals surface area (Å²) in [6.45, 7) is 10.9. The van der Waals surface area contributed by atoms with Crippen LogP contribution in [0.4, 0.5) is 0 Å². The van der Waals surface area contributed by atoms with E-state index >= 15 is 0 Å². The van der Waals surface area contributed by atoms with Crippen LogP contribution in [0.15, 0.2) is 0 Å². The third kappa shape index (κ3) is 4.37. The molecule has 2 aliphatic rings. The molecule has 0 radical (unpaired) electrons. The lowest BCUT2D eigenvalue weighted by molar-refractivity contribution is 0.129. The molecule has 3 heteroatoms. The van der Waals surface area contributed by atoms with Crippen molar-refractivity contribution in [2.24, 2.45) is 5.41 Å². The minimum Gasteiger partial charge on any atom is -0.312 e. The van der Waals surface area contributed by atoms with Gasteiger partial charge in [-0.25, -0.2) is 0 Å². The Bertz CT molecular complexity index is 274. The monoisotopic (exact) mass is 284 g/mol. The molecule has 1 aliphatic heterocycles. The van der Waals surface area contributed by atoms with Crippen LogP contribution in [0.5, 0.6) is 0 Å². The average molecular weight is 285 g/mol. The first-order chi connectivity index (χ1) is 9.00. The largest absolute Gasteiger partial charge is 0.312 e. The molecule has 0 amide bonds. The molecule has 1 saturated carbocycles. The molecule has 3 unspecified atom stereocenters. The Morgan fingerprint density at radius 2 is 1.95 bits per heavy atom. The Balaban J connectivity index is 1.97. The van der Waals surface area contributed by atoms with E-state index in [0.717, 1.165) is 11.3 Å². The van der Waals surface area contributed by atoms with Gasteiger partial charge in [0, 0.05) is 23.9 Å². The lowest BCUT2D eigenvalue weighted by atomic mass is 9.85. The molecule has 112 valence electrons. The molecule has 2 fully saturated rings. The summed E-state index contributed by atoms with van der Waals surface area (Å²) in [6, 6.07) is 1.49. The molecule has 0 bridgehead atoms. The van der Waals surface area contributed by atoms with E-state index in [-0.39, 0.29) is 0 Å². The van der Waals surface area contributed by atoms with Gasteiger partial charge in [-0.3, -0.25) is 4.90 Å². The fourth-order valence-electron chi connectivity index (χ4n) is 3.53. The Kier molecular flexibility index (Phi) is 5.62. The number of hydrogen-bond acceptors (Lipinski definition) is 3. The van der Waals surface area contributed by atoms with Crippen molar-refractivity contribution in [1.29, 1.82) is 0 Å². The second-order valence-corrected chi connectivity index (χ2v) is 8.54. The molecule has 2 nitrogen and oxygen atoms in total. The lowest BCUT2D eigenvalue weighted by Gasteiger charge is -2.40. The molecule has 3 atom stereocenters. The van der Waals surface area contributed by atoms with Crippen LogP contribution in [0.3, 0.4) is 0 Å². The van der Waals surface area contributed by atoms with E-state index in [1.807, 2.05) is 0 Å². The summed E-state index contributed by atoms with van der Waals surface area (Å²) in [4.78, 5) is 2.80. The zero-order chi connectivity index (χ0) is 13.9. The van der Waals surface area contributed by atoms with Crippen LogP contribution in [0.2, 0.25) is 0 Å². The van der Waals surface area contributed by atoms with Gasteiger partial charge in [0.05, 0.1) is 0 Å². The van der Waals surface area contributed by atoms with Crippen molar-refractivity contribution < 1.29 is 0 Å². The van der Waals surface area contributed by atoms with E-state index in [1.165, 1.54) is 51.7 Å². The summed E-state index contributed by atoms with van der Waals surface area (Å²) in [5.41, 5.74) is 0.371. The molecule has 0 aromatic heterocycles. The third-order valence-corrected chi connectivity index (χ3v) is 6.02. The summed E-state index contributed by atoms with van der Waals surface area (Å²) in [6.07, 6.45) is 9.31. The van der Waals surface area contributed by atoms with Crippen LogP contribution in [0, 0.1) is 5.41 Å². The van der Waals surface area contributed by atoms with E-state index in [1.54, 1.807) is 0 Å². The highest BCUT2D eigenvalue weighted by atomic mass is 32.2. The van der Waals surface area contributed by atoms with Gasteiger partial charge in [0.25, 0.3) is 0 Å². The zero-order valence-corrected chi connectivity index (χ0v) is 14.1. The number of thioether (sulfide) groups is 1. The van der Waals surface area contributed by atoms with E-state index in [2.05, 4.69) is 49.0 Å². The second-order valence-electron chi connectivity index (χ2n) is 7.40. The summed E-state index contributed by atoms with van der Waals surface area (Å²) in [5.74, 6) is 0. The average Bonchev–Trinajstić information content (AvgIpc) is 2.64. The summed E-state index contributed by atoms with van der Waals surface area (Å²) < 4.78 is 0. The maximum absolute atomic E-state index is 3.77. The van der Waals surface area contributed by atoms with Crippen molar-refractivity contribution in [3.63, 3.8) is 0 Å². The topological polar surface area (TPSA) is 15.3 Å². The van der Waals surface area contributed by atoms with Crippen molar-refractivity contribution in [3.05, 3.63) is 0 Å². The van der Waals surface area contributed by atoms with Crippen LogP contribution < -0.4 is 5.32 Å². The zero-order valence-electron chi connectivity index (χ0n) is 13.2. The molecule has 1 saturated heterocycles. The smallest absolute Gasteiger partial charge is 0.0243 e. The van der Waals surface area contributed by atoms with Gasteiger partial charge in [-0.15, -0.1) is 0 Å². The number of hydrogen-bond donors (Lipinski definition) is 1. The van der Waals surface area contributed by atoms with Gasteiger partial charge < -0.3 is 5.32 Å². The maximum Gasteiger partial charge on any atom is 0.0243 e. The maximum atomic E-state index is 3.77. The lowest BCUT2D eigenvalue weighted by Crippen LogP contribution is -2.49. The molecule has 19 heavy (non-hydrogen) atoms. The highest BCUT2D eigenvalue weighted by Gasteiger charge is 2.32. The van der Waals surface area contributed by atoms with Crippen LogP contribution in [0.1, 0.15) is 52.9 Å². The molecule has 1 heterocycles. The van der Waals surface area contributed by atoms with Gasteiger partial charge in [-0.05, 0) is 50.4 Å². The van der Waals surface area contributed by atoms with E-state index in [0.29, 0.717) is 11.5 Å². The van der Waals surface area contributed by atoms with Crippen LogP contribution in [0.25, 0.3) is 0 Å². The Labute approximate surface area is 124 Å². The van der Waals surface area contributed by atoms with Gasteiger partial charge in [0.1, 0.15) is 0 Å². The Hall–Kier alpha value is 0.270. The van der Waals surface area contributed by atoms with Crippen LogP contribution >= 0.6 is 11.8 Å². The van der Waals surface area contributed by atoms with E-state index < -0.39 is 0 Å². The summed E-state index contributed by atoms with van der Waals surface area (Å²) >= 11 is 2.08. The standard InChI is InChI=1S/C16H32N2S/c1-16(2,3)15-12-18(10-6-9-17-15)13-7-5-8-14(11-13)19-4/h13-15,17H,5-12H2,1-4H3. The van der Waals surface area contributed by atoms with Gasteiger partial charge >= 0.3 is 0 Å². The van der Waals surface area contributed by atoms with Gasteiger partial charge in [-0.1, -0.05) is 27.2 Å². The predicted octanol–water partition coefficient (Wildman–Crippen LogP) is 3.37. The highest BCUT2D eigenvalue weighted by Crippen LogP contribution is 2.31. The van der Waals surface area contributed by atoms with Gasteiger partial charge in [-0.2, -0.15) is 11.8 Å². The minimum absolute atomic E-state index is 0.371. The first-order valence-corrected chi connectivity index (χ1v) is 9.29. The van der Waals surface area contributed by atoms with Crippen molar-refractivity contribution in [3.8, 4) is 0 Å². The second kappa shape index (κ2) is 6.82. The highest BCUT2D eigenvalue weighted by molar-refractivity contribution is 7.99. The van der Waals surface area contributed by atoms with Crippen molar-refractivity contribution in [2.45, 2.75) is 70.2 Å². The molecular weight excluding hydrogens is 252 g/mol. The fraction of sp³-hybridized carbons (Fsp3) is 1.00. The first kappa shape index (κ1) is 15.7. The van der Waals surface area contributed by atoms with Gasteiger partial charge in [0.2, 0.25) is 0 Å². The van der Waals surface area contributed by atoms with Crippen molar-refractivity contribution >= 4 is 11.8 Å². The number of nitrogens with one attached hydrogen (secondary N) is 1. The van der Waals surface area contributed by atoms with Crippen molar-refractivity contribution in [1.82, 2.24) is 10.2 Å². The molecule has 0 aromatic rings. The molecule has 1 N–H and O–H groups in total. The molecule has 0 aromatic carbocycles. The van der Waals surface area contributed by atoms with Crippen LogP contribution in [-0.2, 0) is 0 Å². The Morgan fingerprint density at radius 3 is 2.63 bits per heavy atom. The molecule has 1 aliphatic carbocycles. The third-order valence-electron chi connectivity index (χ3n) is 4.92. The number of rotatable bonds is 2.